The van der Waals surface area contributed by atoms with Crippen LogP contribution in [0.1, 0.15) is 19.3 Å². The molecule has 1 saturated carbocycles. The Morgan fingerprint density at radius 2 is 2.08 bits per heavy atom. The number of ether oxygens (including phenoxy) is 1. The first kappa shape index (κ1) is 8.50. The van der Waals surface area contributed by atoms with Crippen LogP contribution in [0.15, 0.2) is 0 Å². The van der Waals surface area contributed by atoms with E-state index in [0.717, 1.165) is 0 Å². The van der Waals surface area contributed by atoms with Gasteiger partial charge in [-0.25, -0.2) is 4.79 Å². The Kier molecular flexibility index (Phi) is 1.60. The molecular formula is C8H10O5. The monoisotopic (exact) mass is 186 g/mol. The van der Waals surface area contributed by atoms with Crippen LogP contribution in [0, 0.1) is 5.92 Å². The molecule has 1 saturated heterocycles. The van der Waals surface area contributed by atoms with Crippen molar-refractivity contribution in [2.75, 3.05) is 0 Å². The predicted molar refractivity (Wildman–Crippen MR) is 40.2 cm³/mol. The second kappa shape index (κ2) is 2.45. The minimum Gasteiger partial charge on any atom is -0.481 e. The molecular weight excluding hydrogens is 176 g/mol. The molecule has 0 radical (unpaired) electrons. The quantitative estimate of drug-likeness (QED) is 0.597. The minimum atomic E-state index is -1.04. The van der Waals surface area contributed by atoms with Crippen molar-refractivity contribution in [2.45, 2.75) is 31.0 Å². The molecule has 13 heavy (non-hydrogen) atoms. The fourth-order valence-corrected chi connectivity index (χ4v) is 1.96. The molecule has 2 fully saturated rings. The fraction of sp³-hybridized carbons (Fsp3) is 0.750. The molecule has 0 aromatic rings. The van der Waals surface area contributed by atoms with E-state index in [1.807, 2.05) is 0 Å². The number of aliphatic carboxylic acids is 2. The molecule has 2 N–H and O–H groups in total. The number of carbonyl (C=O) groups is 2. The first-order valence-corrected chi connectivity index (χ1v) is 4.20. The van der Waals surface area contributed by atoms with E-state index in [2.05, 4.69) is 0 Å². The van der Waals surface area contributed by atoms with Gasteiger partial charge in [0.1, 0.15) is 0 Å². The standard InChI is InChI=1S/C8H10O5/c9-6(10)4-1-2-8(7(11)12)5(3-4)13-8/h4-5H,1-3H2,(H,9,10)(H,11,12). The highest BCUT2D eigenvalue weighted by atomic mass is 16.6. The van der Waals surface area contributed by atoms with Crippen LogP contribution in [-0.4, -0.2) is 33.9 Å². The summed E-state index contributed by atoms with van der Waals surface area (Å²) in [5.41, 5.74) is -1.04. The van der Waals surface area contributed by atoms with Gasteiger partial charge in [-0.05, 0) is 19.3 Å². The van der Waals surface area contributed by atoms with Gasteiger partial charge in [0, 0.05) is 0 Å². The second-order valence-electron chi connectivity index (χ2n) is 3.61. The Labute approximate surface area is 74.3 Å². The number of fused-ring (bicyclic) bond motifs is 1. The van der Waals surface area contributed by atoms with Crippen LogP contribution >= 0.6 is 0 Å². The zero-order valence-electron chi connectivity index (χ0n) is 6.90. The van der Waals surface area contributed by atoms with Gasteiger partial charge in [-0.3, -0.25) is 4.79 Å². The normalized spacial score (nSPS) is 42.2. The van der Waals surface area contributed by atoms with E-state index in [1.165, 1.54) is 0 Å². The Morgan fingerprint density at radius 3 is 2.54 bits per heavy atom. The molecule has 5 heteroatoms. The molecule has 0 amide bonds. The summed E-state index contributed by atoms with van der Waals surface area (Å²) < 4.78 is 5.04. The topological polar surface area (TPSA) is 87.1 Å². The molecule has 72 valence electrons. The molecule has 0 spiro atoms. The second-order valence-corrected chi connectivity index (χ2v) is 3.61. The van der Waals surface area contributed by atoms with Crippen LogP contribution in [-0.2, 0) is 14.3 Å². The smallest absolute Gasteiger partial charge is 0.338 e. The lowest BCUT2D eigenvalue weighted by Gasteiger charge is -2.18. The Balaban J connectivity index is 2.03. The van der Waals surface area contributed by atoms with Crippen LogP contribution in [0.25, 0.3) is 0 Å². The molecule has 0 bridgehead atoms. The van der Waals surface area contributed by atoms with Gasteiger partial charge in [-0.15, -0.1) is 0 Å². The molecule has 0 aromatic heterocycles. The maximum Gasteiger partial charge on any atom is 0.338 e. The van der Waals surface area contributed by atoms with Crippen molar-refractivity contribution in [1.29, 1.82) is 0 Å². The molecule has 3 unspecified atom stereocenters. The van der Waals surface area contributed by atoms with E-state index in [0.29, 0.717) is 19.3 Å². The van der Waals surface area contributed by atoms with Crippen LogP contribution in [0.3, 0.4) is 0 Å². The zero-order valence-corrected chi connectivity index (χ0v) is 6.90. The van der Waals surface area contributed by atoms with Gasteiger partial charge < -0.3 is 14.9 Å². The number of carboxylic acid groups (broad SMARTS) is 2. The van der Waals surface area contributed by atoms with E-state index >= 15 is 0 Å². The van der Waals surface area contributed by atoms with Crippen molar-refractivity contribution < 1.29 is 24.5 Å². The summed E-state index contributed by atoms with van der Waals surface area (Å²) in [5, 5.41) is 17.5. The first-order valence-electron chi connectivity index (χ1n) is 4.20. The number of hydrogen-bond acceptors (Lipinski definition) is 3. The third-order valence-corrected chi connectivity index (χ3v) is 2.89. The molecule has 1 aliphatic carbocycles. The first-order chi connectivity index (χ1) is 6.06. The number of hydrogen-bond donors (Lipinski definition) is 2. The number of epoxide rings is 1. The zero-order chi connectivity index (χ0) is 9.64. The average molecular weight is 186 g/mol. The Hall–Kier alpha value is -1.10. The lowest BCUT2D eigenvalue weighted by atomic mass is 9.82. The summed E-state index contributed by atoms with van der Waals surface area (Å²) in [7, 11) is 0. The van der Waals surface area contributed by atoms with E-state index in [1.54, 1.807) is 0 Å². The maximum atomic E-state index is 10.7. The van der Waals surface area contributed by atoms with Crippen LogP contribution in [0.4, 0.5) is 0 Å². The average Bonchev–Trinajstić information content (AvgIpc) is 2.77. The molecule has 2 aliphatic rings. The highest BCUT2D eigenvalue weighted by Crippen LogP contribution is 2.49. The van der Waals surface area contributed by atoms with Crippen LogP contribution in [0.2, 0.25) is 0 Å². The van der Waals surface area contributed by atoms with E-state index in [9.17, 15) is 9.59 Å². The van der Waals surface area contributed by atoms with Gasteiger partial charge >= 0.3 is 11.9 Å². The molecule has 3 atom stereocenters. The van der Waals surface area contributed by atoms with E-state index < -0.39 is 23.5 Å². The Bertz CT molecular complexity index is 274. The largest absolute Gasteiger partial charge is 0.481 e. The van der Waals surface area contributed by atoms with Gasteiger partial charge in [0.2, 0.25) is 0 Å². The highest BCUT2D eigenvalue weighted by molar-refractivity contribution is 5.82. The van der Waals surface area contributed by atoms with Crippen molar-refractivity contribution in [3.63, 3.8) is 0 Å². The molecule has 0 aromatic carbocycles. The maximum absolute atomic E-state index is 10.7. The third kappa shape index (κ3) is 1.11. The van der Waals surface area contributed by atoms with Crippen molar-refractivity contribution in [2.24, 2.45) is 5.92 Å². The van der Waals surface area contributed by atoms with Crippen molar-refractivity contribution in [3.05, 3.63) is 0 Å². The SMILES string of the molecule is O=C(O)C1CCC2(C(=O)O)OC2C1. The molecule has 1 heterocycles. The summed E-state index contributed by atoms with van der Waals surface area (Å²) >= 11 is 0. The lowest BCUT2D eigenvalue weighted by Crippen LogP contribution is -2.34. The summed E-state index contributed by atoms with van der Waals surface area (Å²) in [6.07, 6.45) is 0.684. The van der Waals surface area contributed by atoms with Crippen LogP contribution < -0.4 is 0 Å². The van der Waals surface area contributed by atoms with Gasteiger partial charge in [0.25, 0.3) is 0 Å². The summed E-state index contributed by atoms with van der Waals surface area (Å²) in [5.74, 6) is -2.24. The van der Waals surface area contributed by atoms with Crippen molar-refractivity contribution in [3.8, 4) is 0 Å². The third-order valence-electron chi connectivity index (χ3n) is 2.89. The van der Waals surface area contributed by atoms with E-state index in [4.69, 9.17) is 14.9 Å². The number of rotatable bonds is 2. The minimum absolute atomic E-state index is 0.323. The van der Waals surface area contributed by atoms with Gasteiger partial charge in [0.05, 0.1) is 12.0 Å². The molecule has 1 aliphatic heterocycles. The lowest BCUT2D eigenvalue weighted by molar-refractivity contribution is -0.147. The fourth-order valence-electron chi connectivity index (χ4n) is 1.96. The van der Waals surface area contributed by atoms with Gasteiger partial charge in [0.15, 0.2) is 5.60 Å². The van der Waals surface area contributed by atoms with Gasteiger partial charge in [-0.2, -0.15) is 0 Å². The summed E-state index contributed by atoms with van der Waals surface area (Å²) in [6, 6.07) is 0. The summed E-state index contributed by atoms with van der Waals surface area (Å²) in [6.45, 7) is 0. The van der Waals surface area contributed by atoms with Crippen molar-refractivity contribution in [1.82, 2.24) is 0 Å². The van der Waals surface area contributed by atoms with Crippen molar-refractivity contribution >= 4 is 11.9 Å². The summed E-state index contributed by atoms with van der Waals surface area (Å²) in [4.78, 5) is 21.3. The molecule has 5 nitrogen and oxygen atoms in total. The van der Waals surface area contributed by atoms with E-state index in [-0.39, 0.29) is 6.10 Å². The van der Waals surface area contributed by atoms with Crippen LogP contribution in [0.5, 0.6) is 0 Å². The predicted octanol–water partition coefficient (Wildman–Crippen LogP) is 0.0933. The highest BCUT2D eigenvalue weighted by Gasteiger charge is 2.65. The number of carboxylic acids is 2. The molecule has 2 rings (SSSR count). The Morgan fingerprint density at radius 1 is 1.38 bits per heavy atom. The van der Waals surface area contributed by atoms with Gasteiger partial charge in [-0.1, -0.05) is 0 Å².